The highest BCUT2D eigenvalue weighted by Crippen LogP contribution is 2.42. The number of ether oxygens (including phenoxy) is 1. The molecule has 0 spiro atoms. The molecule has 2 aliphatic heterocycles. The predicted octanol–water partition coefficient (Wildman–Crippen LogP) is 5.29. The molecular formula is C31H37ClN6O4. The van der Waals surface area contributed by atoms with E-state index in [9.17, 15) is 14.4 Å². The van der Waals surface area contributed by atoms with Crippen LogP contribution in [0.15, 0.2) is 42.5 Å². The van der Waals surface area contributed by atoms with E-state index in [0.29, 0.717) is 36.0 Å². The number of hydrogen-bond acceptors (Lipinski definition) is 6. The summed E-state index contributed by atoms with van der Waals surface area (Å²) in [5.74, 6) is 0.121. The Morgan fingerprint density at radius 2 is 1.88 bits per heavy atom. The van der Waals surface area contributed by atoms with Crippen LogP contribution in [0.2, 0.25) is 5.02 Å². The standard InChI is InChI=1S/C31H37ClN6O4/c1-31(2,3)42-30(41)37-15-18(16-37)17-38-25-11-7-6-10-23(25)27(36-38)29(40)33-19-12-13-22(24(32)14-19)26-20-8-4-5-9-21(20)28(39)35-34-26/h6-7,10-14,18,20-21,26,34H,4-5,8-9,15-17H2,1-3H3,(H,33,40)(H,35,39). The molecule has 1 saturated carbocycles. The largest absolute Gasteiger partial charge is 0.444 e. The summed E-state index contributed by atoms with van der Waals surface area (Å²) >= 11 is 6.75. The average molecular weight is 593 g/mol. The summed E-state index contributed by atoms with van der Waals surface area (Å²) in [6.45, 7) is 7.31. The molecule has 3 aliphatic rings. The topological polar surface area (TPSA) is 118 Å². The molecule has 1 aromatic heterocycles. The van der Waals surface area contributed by atoms with Crippen LogP contribution in [0.1, 0.15) is 68.5 Å². The zero-order chi connectivity index (χ0) is 29.6. The number of fused-ring (bicyclic) bond motifs is 2. The Balaban J connectivity index is 1.15. The van der Waals surface area contributed by atoms with Gasteiger partial charge in [0, 0.05) is 47.6 Å². The number of anilines is 1. The highest BCUT2D eigenvalue weighted by molar-refractivity contribution is 6.31. The Morgan fingerprint density at radius 1 is 1.12 bits per heavy atom. The van der Waals surface area contributed by atoms with Crippen molar-refractivity contribution < 1.29 is 19.1 Å². The zero-order valence-electron chi connectivity index (χ0n) is 24.2. The van der Waals surface area contributed by atoms with E-state index in [0.717, 1.165) is 42.1 Å². The molecule has 3 amide bonds. The molecule has 11 heteroatoms. The lowest BCUT2D eigenvalue weighted by molar-refractivity contribution is -0.133. The van der Waals surface area contributed by atoms with E-state index in [1.165, 1.54) is 0 Å². The molecule has 222 valence electrons. The smallest absolute Gasteiger partial charge is 0.410 e. The van der Waals surface area contributed by atoms with E-state index in [-0.39, 0.29) is 41.7 Å². The van der Waals surface area contributed by atoms with Gasteiger partial charge in [0.2, 0.25) is 5.91 Å². The van der Waals surface area contributed by atoms with Gasteiger partial charge in [-0.25, -0.2) is 10.2 Å². The van der Waals surface area contributed by atoms with Crippen molar-refractivity contribution in [2.45, 2.75) is 64.6 Å². The van der Waals surface area contributed by atoms with Crippen LogP contribution in [0.4, 0.5) is 10.5 Å². The average Bonchev–Trinajstić information content (AvgIpc) is 3.29. The summed E-state index contributed by atoms with van der Waals surface area (Å²) in [5.41, 5.74) is 8.13. The third-order valence-electron chi connectivity index (χ3n) is 8.44. The highest BCUT2D eigenvalue weighted by atomic mass is 35.5. The van der Waals surface area contributed by atoms with Crippen molar-refractivity contribution in [1.29, 1.82) is 0 Å². The number of amides is 3. The lowest BCUT2D eigenvalue weighted by atomic mass is 9.72. The van der Waals surface area contributed by atoms with Crippen molar-refractivity contribution in [2.75, 3.05) is 18.4 Å². The fourth-order valence-corrected chi connectivity index (χ4v) is 6.73. The second kappa shape index (κ2) is 11.2. The quantitative estimate of drug-likeness (QED) is 0.370. The van der Waals surface area contributed by atoms with Gasteiger partial charge in [-0.15, -0.1) is 0 Å². The second-order valence-electron chi connectivity index (χ2n) is 12.7. The molecule has 0 bridgehead atoms. The molecule has 6 rings (SSSR count). The summed E-state index contributed by atoms with van der Waals surface area (Å²) in [4.78, 5) is 39.8. The fourth-order valence-electron chi connectivity index (χ4n) is 6.43. The molecule has 42 heavy (non-hydrogen) atoms. The van der Waals surface area contributed by atoms with Gasteiger partial charge in [-0.3, -0.25) is 19.7 Å². The first-order valence-electron chi connectivity index (χ1n) is 14.7. The van der Waals surface area contributed by atoms with Gasteiger partial charge in [0.25, 0.3) is 5.91 Å². The van der Waals surface area contributed by atoms with Crippen LogP contribution in [-0.2, 0) is 16.1 Å². The number of benzene rings is 2. The number of nitrogens with one attached hydrogen (secondary N) is 3. The van der Waals surface area contributed by atoms with E-state index in [1.807, 2.05) is 61.9 Å². The Labute approximate surface area is 250 Å². The van der Waals surface area contributed by atoms with Crippen LogP contribution < -0.4 is 16.2 Å². The molecule has 0 radical (unpaired) electrons. The first-order valence-corrected chi connectivity index (χ1v) is 15.0. The van der Waals surface area contributed by atoms with E-state index >= 15 is 0 Å². The summed E-state index contributed by atoms with van der Waals surface area (Å²) in [7, 11) is 0. The number of halogens is 1. The molecule has 3 fully saturated rings. The second-order valence-corrected chi connectivity index (χ2v) is 13.1. The van der Waals surface area contributed by atoms with Crippen molar-refractivity contribution in [3.8, 4) is 0 Å². The molecule has 3 aromatic rings. The summed E-state index contributed by atoms with van der Waals surface area (Å²) < 4.78 is 7.31. The molecule has 10 nitrogen and oxygen atoms in total. The van der Waals surface area contributed by atoms with Gasteiger partial charge >= 0.3 is 6.09 Å². The van der Waals surface area contributed by atoms with Crippen molar-refractivity contribution in [3.63, 3.8) is 0 Å². The van der Waals surface area contributed by atoms with Gasteiger partial charge in [0.1, 0.15) is 5.60 Å². The molecule has 3 unspecified atom stereocenters. The minimum atomic E-state index is -0.532. The minimum absolute atomic E-state index is 0.0100. The van der Waals surface area contributed by atoms with Crippen LogP contribution in [0.25, 0.3) is 10.9 Å². The number of hydrazine groups is 1. The van der Waals surface area contributed by atoms with Crippen LogP contribution >= 0.6 is 11.6 Å². The lowest BCUT2D eigenvalue weighted by Crippen LogP contribution is -2.55. The number of carbonyl (C=O) groups excluding carboxylic acids is 3. The minimum Gasteiger partial charge on any atom is -0.444 e. The van der Waals surface area contributed by atoms with E-state index < -0.39 is 5.60 Å². The molecule has 3 atom stereocenters. The molecule has 2 saturated heterocycles. The Morgan fingerprint density at radius 3 is 2.64 bits per heavy atom. The monoisotopic (exact) mass is 592 g/mol. The predicted molar refractivity (Wildman–Crippen MR) is 160 cm³/mol. The maximum atomic E-state index is 13.4. The van der Waals surface area contributed by atoms with Crippen molar-refractivity contribution >= 4 is 46.1 Å². The zero-order valence-corrected chi connectivity index (χ0v) is 24.9. The maximum Gasteiger partial charge on any atom is 0.410 e. The lowest BCUT2D eigenvalue weighted by Gasteiger charge is -2.41. The van der Waals surface area contributed by atoms with Gasteiger partial charge in [0.15, 0.2) is 5.69 Å². The number of para-hydroxylation sites is 1. The molecule has 3 N–H and O–H groups in total. The van der Waals surface area contributed by atoms with Gasteiger partial charge < -0.3 is 15.0 Å². The summed E-state index contributed by atoms with van der Waals surface area (Å²) in [6.07, 6.45) is 3.72. The van der Waals surface area contributed by atoms with Crippen LogP contribution in [0.5, 0.6) is 0 Å². The van der Waals surface area contributed by atoms with Crippen LogP contribution in [-0.4, -0.2) is 51.3 Å². The first-order chi connectivity index (χ1) is 20.1. The van der Waals surface area contributed by atoms with E-state index in [4.69, 9.17) is 16.3 Å². The van der Waals surface area contributed by atoms with Gasteiger partial charge in [-0.2, -0.15) is 5.10 Å². The Hall–Kier alpha value is -3.63. The normalized spacial score (nSPS) is 22.7. The van der Waals surface area contributed by atoms with Gasteiger partial charge in [0.05, 0.1) is 11.6 Å². The number of rotatable bonds is 5. The fraction of sp³-hybridized carbons (Fsp3) is 0.484. The van der Waals surface area contributed by atoms with Crippen molar-refractivity contribution in [3.05, 3.63) is 58.7 Å². The van der Waals surface area contributed by atoms with Crippen molar-refractivity contribution in [2.24, 2.45) is 17.8 Å². The van der Waals surface area contributed by atoms with Crippen LogP contribution in [0.3, 0.4) is 0 Å². The Kier molecular flexibility index (Phi) is 7.61. The number of likely N-dealkylation sites (tertiary alicyclic amines) is 1. The van der Waals surface area contributed by atoms with Gasteiger partial charge in [-0.1, -0.05) is 48.7 Å². The van der Waals surface area contributed by atoms with Gasteiger partial charge in [-0.05, 0) is 63.3 Å². The molecule has 1 aliphatic carbocycles. The molecule has 2 aromatic carbocycles. The van der Waals surface area contributed by atoms with Crippen LogP contribution in [0, 0.1) is 17.8 Å². The molecular weight excluding hydrogens is 556 g/mol. The maximum absolute atomic E-state index is 13.4. The van der Waals surface area contributed by atoms with E-state index in [1.54, 1.807) is 11.0 Å². The SMILES string of the molecule is CC(C)(C)OC(=O)N1CC(Cn2nc(C(=O)Nc3ccc(C4NNC(=O)C5CCCCC54)c(Cl)c3)c3ccccc32)C1. The third-order valence-corrected chi connectivity index (χ3v) is 8.77. The summed E-state index contributed by atoms with van der Waals surface area (Å²) in [5, 5.41) is 8.94. The first kappa shape index (κ1) is 28.5. The number of carbonyl (C=O) groups is 3. The highest BCUT2D eigenvalue weighted by Gasteiger charge is 2.41. The molecule has 3 heterocycles. The Bertz CT molecular complexity index is 1530. The third kappa shape index (κ3) is 5.70. The summed E-state index contributed by atoms with van der Waals surface area (Å²) in [6, 6.07) is 13.1. The number of hydrogen-bond donors (Lipinski definition) is 3. The number of aromatic nitrogens is 2. The van der Waals surface area contributed by atoms with E-state index in [2.05, 4.69) is 21.3 Å². The van der Waals surface area contributed by atoms with Crippen molar-refractivity contribution in [1.82, 2.24) is 25.5 Å². The number of nitrogens with zero attached hydrogens (tertiary/aromatic N) is 3.